The third-order valence-electron chi connectivity index (χ3n) is 3.42. The van der Waals surface area contributed by atoms with E-state index in [0.29, 0.717) is 4.90 Å². The highest BCUT2D eigenvalue weighted by molar-refractivity contribution is 7.90. The number of rotatable bonds is 7. The molecule has 0 saturated carbocycles. The van der Waals surface area contributed by atoms with E-state index in [1.165, 1.54) is 0 Å². The third-order valence-corrected chi connectivity index (χ3v) is 5.10. The Hall–Kier alpha value is -1.87. The lowest BCUT2D eigenvalue weighted by Gasteiger charge is -2.10. The van der Waals surface area contributed by atoms with E-state index < -0.39 is 9.84 Å². The fourth-order valence-corrected chi connectivity index (χ4v) is 3.72. The van der Waals surface area contributed by atoms with E-state index in [-0.39, 0.29) is 5.75 Å². The first-order valence-corrected chi connectivity index (χ1v) is 8.74. The monoisotopic (exact) mass is 300 g/mol. The summed E-state index contributed by atoms with van der Waals surface area (Å²) in [5.74, 6) is 0.0568. The highest BCUT2D eigenvalue weighted by Gasteiger charge is 2.16. The van der Waals surface area contributed by atoms with Crippen molar-refractivity contribution in [1.29, 1.82) is 0 Å². The number of aryl methyl sites for hydroxylation is 1. The maximum atomic E-state index is 12.5. The van der Waals surface area contributed by atoms with Crippen LogP contribution < -0.4 is 0 Å². The van der Waals surface area contributed by atoms with Crippen molar-refractivity contribution in [3.8, 4) is 0 Å². The molecule has 0 unspecified atom stereocenters. The number of hydrogen-bond acceptors (Lipinski definition) is 2. The van der Waals surface area contributed by atoms with E-state index in [1.807, 2.05) is 36.4 Å². The van der Waals surface area contributed by atoms with Gasteiger partial charge in [0, 0.05) is 0 Å². The summed E-state index contributed by atoms with van der Waals surface area (Å²) in [5, 5.41) is 0. The zero-order valence-corrected chi connectivity index (χ0v) is 12.9. The minimum atomic E-state index is -3.29. The van der Waals surface area contributed by atoms with Crippen LogP contribution in [0.5, 0.6) is 0 Å². The van der Waals surface area contributed by atoms with E-state index in [0.717, 1.165) is 30.4 Å². The summed E-state index contributed by atoms with van der Waals surface area (Å²) in [6, 6.07) is 16.4. The lowest BCUT2D eigenvalue weighted by Crippen LogP contribution is -2.07. The van der Waals surface area contributed by atoms with Crippen molar-refractivity contribution >= 4 is 9.84 Å². The maximum absolute atomic E-state index is 12.5. The quantitative estimate of drug-likeness (QED) is 0.568. The molecule has 2 rings (SSSR count). The van der Waals surface area contributed by atoms with E-state index >= 15 is 0 Å². The van der Waals surface area contributed by atoms with Crippen LogP contribution in [0.1, 0.15) is 24.0 Å². The van der Waals surface area contributed by atoms with E-state index in [1.54, 1.807) is 24.3 Å². The molecule has 0 saturated heterocycles. The molecule has 2 nitrogen and oxygen atoms in total. The van der Waals surface area contributed by atoms with E-state index in [4.69, 9.17) is 0 Å². The molecule has 2 aromatic carbocycles. The van der Waals surface area contributed by atoms with Crippen molar-refractivity contribution < 1.29 is 8.42 Å². The average Bonchev–Trinajstić information content (AvgIpc) is 2.50. The lowest BCUT2D eigenvalue weighted by atomic mass is 10.0. The summed E-state index contributed by atoms with van der Waals surface area (Å²) < 4.78 is 24.9. The highest BCUT2D eigenvalue weighted by Crippen LogP contribution is 2.20. The van der Waals surface area contributed by atoms with E-state index in [2.05, 4.69) is 6.58 Å². The highest BCUT2D eigenvalue weighted by atomic mass is 32.2. The molecular formula is C18H20O2S. The van der Waals surface area contributed by atoms with Gasteiger partial charge in [-0.05, 0) is 42.5 Å². The minimum Gasteiger partial charge on any atom is -0.223 e. The molecule has 0 N–H and O–H groups in total. The number of benzene rings is 2. The standard InChI is InChI=1S/C18H20O2S/c1-2-3-5-10-16-11-8-9-12-17(16)15-21(19,20)18-13-6-4-7-14-18/h2,4,6-9,11-14H,1,3,5,10,15H2. The Morgan fingerprint density at radius 3 is 2.19 bits per heavy atom. The van der Waals surface area contributed by atoms with Gasteiger partial charge in [-0.25, -0.2) is 8.42 Å². The molecule has 0 radical (unpaired) electrons. The van der Waals surface area contributed by atoms with Crippen LogP contribution in [0.25, 0.3) is 0 Å². The number of sulfone groups is 1. The summed E-state index contributed by atoms with van der Waals surface area (Å²) in [7, 11) is -3.29. The summed E-state index contributed by atoms with van der Waals surface area (Å²) in [6.45, 7) is 3.72. The van der Waals surface area contributed by atoms with Gasteiger partial charge < -0.3 is 0 Å². The SMILES string of the molecule is C=CCCCc1ccccc1CS(=O)(=O)c1ccccc1. The first-order chi connectivity index (χ1) is 10.1. The van der Waals surface area contributed by atoms with Gasteiger partial charge in [0.2, 0.25) is 0 Å². The Bertz CT molecular complexity index is 688. The van der Waals surface area contributed by atoms with E-state index in [9.17, 15) is 8.42 Å². The lowest BCUT2D eigenvalue weighted by molar-refractivity contribution is 0.595. The molecule has 0 bridgehead atoms. The molecule has 0 heterocycles. The smallest absolute Gasteiger partial charge is 0.182 e. The van der Waals surface area contributed by atoms with Gasteiger partial charge in [0.05, 0.1) is 10.6 Å². The van der Waals surface area contributed by atoms with Crippen LogP contribution in [0.3, 0.4) is 0 Å². The summed E-state index contributed by atoms with van der Waals surface area (Å²) in [6.07, 6.45) is 4.71. The molecule has 110 valence electrons. The first-order valence-electron chi connectivity index (χ1n) is 7.09. The number of unbranched alkanes of at least 4 members (excludes halogenated alkanes) is 1. The van der Waals surface area contributed by atoms with Crippen LogP contribution >= 0.6 is 0 Å². The molecule has 0 fully saturated rings. The topological polar surface area (TPSA) is 34.1 Å². The second kappa shape index (κ2) is 7.23. The van der Waals surface area contributed by atoms with Crippen molar-refractivity contribution in [2.45, 2.75) is 29.9 Å². The van der Waals surface area contributed by atoms with Gasteiger partial charge in [-0.1, -0.05) is 48.5 Å². The van der Waals surface area contributed by atoms with Crippen molar-refractivity contribution in [2.24, 2.45) is 0 Å². The zero-order valence-electron chi connectivity index (χ0n) is 12.0. The van der Waals surface area contributed by atoms with Crippen molar-refractivity contribution in [3.05, 3.63) is 78.4 Å². The van der Waals surface area contributed by atoms with Crippen LogP contribution in [0.4, 0.5) is 0 Å². The maximum Gasteiger partial charge on any atom is 0.182 e. The third kappa shape index (κ3) is 4.30. The second-order valence-electron chi connectivity index (χ2n) is 5.02. The van der Waals surface area contributed by atoms with Gasteiger partial charge in [0.25, 0.3) is 0 Å². The Labute approximate surface area is 127 Å². The molecule has 0 aliphatic carbocycles. The molecule has 2 aromatic rings. The van der Waals surface area contributed by atoms with Crippen molar-refractivity contribution in [1.82, 2.24) is 0 Å². The van der Waals surface area contributed by atoms with Crippen molar-refractivity contribution in [3.63, 3.8) is 0 Å². The molecule has 0 aromatic heterocycles. The van der Waals surface area contributed by atoms with Gasteiger partial charge in [0.1, 0.15) is 0 Å². The molecule has 0 aliphatic rings. The van der Waals surface area contributed by atoms with Gasteiger partial charge in [-0.2, -0.15) is 0 Å². The molecule has 0 aliphatic heterocycles. The zero-order chi connectivity index (χ0) is 15.1. The average molecular weight is 300 g/mol. The van der Waals surface area contributed by atoms with Crippen LogP contribution in [-0.4, -0.2) is 8.42 Å². The Morgan fingerprint density at radius 2 is 1.52 bits per heavy atom. The van der Waals surface area contributed by atoms with Gasteiger partial charge in [0.15, 0.2) is 9.84 Å². The normalized spacial score (nSPS) is 11.2. The van der Waals surface area contributed by atoms with Gasteiger partial charge in [-0.3, -0.25) is 0 Å². The fraction of sp³-hybridized carbons (Fsp3) is 0.222. The second-order valence-corrected chi connectivity index (χ2v) is 7.01. The summed E-state index contributed by atoms with van der Waals surface area (Å²) >= 11 is 0. The fourth-order valence-electron chi connectivity index (χ4n) is 2.29. The van der Waals surface area contributed by atoms with Gasteiger partial charge >= 0.3 is 0 Å². The molecule has 3 heteroatoms. The van der Waals surface area contributed by atoms with Crippen molar-refractivity contribution in [2.75, 3.05) is 0 Å². The Morgan fingerprint density at radius 1 is 0.905 bits per heavy atom. The molecular weight excluding hydrogens is 280 g/mol. The first kappa shape index (κ1) is 15.5. The number of allylic oxidation sites excluding steroid dienone is 1. The number of hydrogen-bond donors (Lipinski definition) is 0. The summed E-state index contributed by atoms with van der Waals surface area (Å²) in [5.41, 5.74) is 2.00. The minimum absolute atomic E-state index is 0.0568. The molecule has 21 heavy (non-hydrogen) atoms. The molecule has 0 spiro atoms. The molecule has 0 atom stereocenters. The largest absolute Gasteiger partial charge is 0.223 e. The Balaban J connectivity index is 2.21. The van der Waals surface area contributed by atoms with Crippen LogP contribution in [0, 0.1) is 0 Å². The predicted molar refractivity (Wildman–Crippen MR) is 86.9 cm³/mol. The van der Waals surface area contributed by atoms with Crippen LogP contribution in [0.2, 0.25) is 0 Å². The Kier molecular flexibility index (Phi) is 5.34. The van der Waals surface area contributed by atoms with Gasteiger partial charge in [-0.15, -0.1) is 6.58 Å². The van der Waals surface area contributed by atoms with Crippen LogP contribution in [-0.2, 0) is 22.0 Å². The summed E-state index contributed by atoms with van der Waals surface area (Å²) in [4.78, 5) is 0.380. The molecule has 0 amide bonds. The van der Waals surface area contributed by atoms with Crippen LogP contribution in [0.15, 0.2) is 72.1 Å². The predicted octanol–water partition coefficient (Wildman–Crippen LogP) is 4.17.